The van der Waals surface area contributed by atoms with Gasteiger partial charge in [-0.3, -0.25) is 14.6 Å². The summed E-state index contributed by atoms with van der Waals surface area (Å²) in [6.07, 6.45) is -0.540. The molecule has 2 unspecified atom stereocenters. The standard InChI is InChI=1S/C31H36FN3O5/c1-31(2,3)13-15-40-26-16-23(32)11-12-24(26)21-9-7-20(8-10-21)17-34-29(37)28(39-4)27(36)30(38)35-18-22-6-5-14-33-25(22)19-35/h5-12,14,16,27-28,36H,13,15,17-19H2,1-4H3,(H,34,37). The lowest BCUT2D eigenvalue weighted by atomic mass is 9.93. The molecule has 3 aromatic rings. The van der Waals surface area contributed by atoms with E-state index in [2.05, 4.69) is 31.1 Å². The van der Waals surface area contributed by atoms with Gasteiger partial charge in [-0.2, -0.15) is 0 Å². The predicted molar refractivity (Wildman–Crippen MR) is 149 cm³/mol. The third-order valence-corrected chi connectivity index (χ3v) is 6.84. The minimum atomic E-state index is -1.66. The van der Waals surface area contributed by atoms with Crippen molar-refractivity contribution in [2.45, 2.75) is 59.0 Å². The molecule has 2 aromatic carbocycles. The summed E-state index contributed by atoms with van der Waals surface area (Å²) in [7, 11) is 1.28. The molecule has 40 heavy (non-hydrogen) atoms. The van der Waals surface area contributed by atoms with Crippen LogP contribution in [-0.4, -0.2) is 52.7 Å². The Morgan fingerprint density at radius 1 is 1.12 bits per heavy atom. The molecule has 2 atom stereocenters. The molecule has 9 heteroatoms. The highest BCUT2D eigenvalue weighted by Crippen LogP contribution is 2.32. The van der Waals surface area contributed by atoms with Gasteiger partial charge in [0.25, 0.3) is 11.8 Å². The molecule has 2 amide bonds. The van der Waals surface area contributed by atoms with Crippen LogP contribution in [0.2, 0.25) is 0 Å². The van der Waals surface area contributed by atoms with Crippen LogP contribution >= 0.6 is 0 Å². The van der Waals surface area contributed by atoms with Crippen LogP contribution in [0.25, 0.3) is 11.1 Å². The van der Waals surface area contributed by atoms with Crippen LogP contribution in [0.1, 0.15) is 44.0 Å². The number of fused-ring (bicyclic) bond motifs is 1. The molecule has 0 saturated carbocycles. The fraction of sp³-hybridized carbons (Fsp3) is 0.387. The number of methoxy groups -OCH3 is 1. The maximum Gasteiger partial charge on any atom is 0.255 e. The van der Waals surface area contributed by atoms with Crippen LogP contribution in [0.15, 0.2) is 60.8 Å². The van der Waals surface area contributed by atoms with Gasteiger partial charge >= 0.3 is 0 Å². The number of carbonyl (C=O) groups excluding carboxylic acids is 2. The number of benzene rings is 2. The summed E-state index contributed by atoms with van der Waals surface area (Å²) in [6, 6.07) is 15.6. The van der Waals surface area contributed by atoms with E-state index < -0.39 is 24.0 Å². The number of rotatable bonds is 10. The van der Waals surface area contributed by atoms with E-state index in [-0.39, 0.29) is 24.3 Å². The van der Waals surface area contributed by atoms with E-state index in [1.54, 1.807) is 18.3 Å². The van der Waals surface area contributed by atoms with Gasteiger partial charge in [-0.05, 0) is 46.7 Å². The van der Waals surface area contributed by atoms with Crippen LogP contribution in [0, 0.1) is 11.2 Å². The second-order valence-corrected chi connectivity index (χ2v) is 11.1. The number of hydrogen-bond acceptors (Lipinski definition) is 6. The maximum absolute atomic E-state index is 13.9. The summed E-state index contributed by atoms with van der Waals surface area (Å²) in [4.78, 5) is 31.4. The Balaban J connectivity index is 1.35. The zero-order chi connectivity index (χ0) is 28.9. The molecule has 4 rings (SSSR count). The summed E-state index contributed by atoms with van der Waals surface area (Å²) in [5, 5.41) is 13.4. The number of nitrogens with one attached hydrogen (secondary N) is 1. The van der Waals surface area contributed by atoms with E-state index in [9.17, 15) is 19.1 Å². The Hall–Kier alpha value is -3.82. The summed E-state index contributed by atoms with van der Waals surface area (Å²) >= 11 is 0. The van der Waals surface area contributed by atoms with Gasteiger partial charge < -0.3 is 24.8 Å². The van der Waals surface area contributed by atoms with E-state index in [0.29, 0.717) is 18.9 Å². The second kappa shape index (κ2) is 12.6. The van der Waals surface area contributed by atoms with Crippen LogP contribution < -0.4 is 10.1 Å². The molecule has 0 radical (unpaired) electrons. The van der Waals surface area contributed by atoms with Gasteiger partial charge in [0, 0.05) is 38.0 Å². The van der Waals surface area contributed by atoms with Gasteiger partial charge in [0.1, 0.15) is 11.6 Å². The minimum Gasteiger partial charge on any atom is -0.493 e. The normalized spacial score (nSPS) is 14.4. The Kier molecular flexibility index (Phi) is 9.17. The zero-order valence-corrected chi connectivity index (χ0v) is 23.3. The molecule has 0 bridgehead atoms. The van der Waals surface area contributed by atoms with Crippen LogP contribution in [0.5, 0.6) is 5.75 Å². The van der Waals surface area contributed by atoms with Crippen LogP contribution in [0.4, 0.5) is 4.39 Å². The molecular weight excluding hydrogens is 513 g/mol. The molecule has 2 N–H and O–H groups in total. The predicted octanol–water partition coefficient (Wildman–Crippen LogP) is 4.24. The van der Waals surface area contributed by atoms with Crippen LogP contribution in [-0.2, 0) is 34.0 Å². The van der Waals surface area contributed by atoms with Crippen molar-refractivity contribution in [1.82, 2.24) is 15.2 Å². The van der Waals surface area contributed by atoms with Crippen LogP contribution in [0.3, 0.4) is 0 Å². The highest BCUT2D eigenvalue weighted by molar-refractivity contribution is 5.91. The second-order valence-electron chi connectivity index (χ2n) is 11.1. The molecule has 8 nitrogen and oxygen atoms in total. The molecule has 1 aliphatic rings. The number of aliphatic hydroxyl groups excluding tert-OH is 1. The fourth-order valence-electron chi connectivity index (χ4n) is 4.46. The number of carbonyl (C=O) groups is 2. The van der Waals surface area contributed by atoms with Crippen molar-refractivity contribution in [2.75, 3.05) is 13.7 Å². The Labute approximate surface area is 234 Å². The quantitative estimate of drug-likeness (QED) is 0.393. The molecule has 1 aliphatic heterocycles. The molecule has 0 spiro atoms. The Morgan fingerprint density at radius 2 is 1.88 bits per heavy atom. The summed E-state index contributed by atoms with van der Waals surface area (Å²) in [5.41, 5.74) is 4.20. The van der Waals surface area contributed by atoms with Crippen molar-refractivity contribution in [3.8, 4) is 16.9 Å². The van der Waals surface area contributed by atoms with Crippen molar-refractivity contribution in [3.63, 3.8) is 0 Å². The van der Waals surface area contributed by atoms with Gasteiger partial charge in [0.2, 0.25) is 0 Å². The average Bonchev–Trinajstić information content (AvgIpc) is 3.36. The number of amides is 2. The van der Waals surface area contributed by atoms with Gasteiger partial charge in [-0.25, -0.2) is 4.39 Å². The smallest absolute Gasteiger partial charge is 0.255 e. The van der Waals surface area contributed by atoms with Crippen molar-refractivity contribution in [2.24, 2.45) is 5.41 Å². The molecule has 212 valence electrons. The third-order valence-electron chi connectivity index (χ3n) is 6.84. The van der Waals surface area contributed by atoms with Crippen molar-refractivity contribution >= 4 is 11.8 Å². The SMILES string of the molecule is COC(C(=O)NCc1ccc(-c2ccc(F)cc2OCCC(C)(C)C)cc1)C(O)C(=O)N1Cc2cccnc2C1. The van der Waals surface area contributed by atoms with Gasteiger partial charge in [-0.15, -0.1) is 0 Å². The van der Waals surface area contributed by atoms with Crippen molar-refractivity contribution in [3.05, 3.63) is 83.4 Å². The Bertz CT molecular complexity index is 1310. The number of aromatic nitrogens is 1. The number of halogens is 1. The highest BCUT2D eigenvalue weighted by Gasteiger charge is 2.37. The van der Waals surface area contributed by atoms with Gasteiger partial charge in [0.15, 0.2) is 12.2 Å². The average molecular weight is 550 g/mol. The maximum atomic E-state index is 13.9. The molecule has 0 saturated heterocycles. The number of nitrogens with zero attached hydrogens (tertiary/aromatic N) is 2. The molecular formula is C31H36FN3O5. The van der Waals surface area contributed by atoms with E-state index >= 15 is 0 Å². The monoisotopic (exact) mass is 549 g/mol. The largest absolute Gasteiger partial charge is 0.493 e. The topological polar surface area (TPSA) is 101 Å². The van der Waals surface area contributed by atoms with Gasteiger partial charge in [0.05, 0.1) is 18.8 Å². The fourth-order valence-corrected chi connectivity index (χ4v) is 4.46. The van der Waals surface area contributed by atoms with E-state index in [1.165, 1.54) is 24.1 Å². The summed E-state index contributed by atoms with van der Waals surface area (Å²) in [5.74, 6) is -1.09. The lowest BCUT2D eigenvalue weighted by molar-refractivity contribution is -0.155. The lowest BCUT2D eigenvalue weighted by Gasteiger charge is -2.24. The Morgan fingerprint density at radius 3 is 2.55 bits per heavy atom. The summed E-state index contributed by atoms with van der Waals surface area (Å²) in [6.45, 7) is 7.60. The van der Waals surface area contributed by atoms with E-state index in [1.807, 2.05) is 30.3 Å². The lowest BCUT2D eigenvalue weighted by Crippen LogP contribution is -2.50. The molecule has 2 heterocycles. The number of hydrogen-bond donors (Lipinski definition) is 2. The van der Waals surface area contributed by atoms with E-state index in [0.717, 1.165) is 34.4 Å². The third kappa shape index (κ3) is 7.22. The first-order valence-electron chi connectivity index (χ1n) is 13.3. The highest BCUT2D eigenvalue weighted by atomic mass is 19.1. The molecule has 0 aliphatic carbocycles. The molecule has 1 aromatic heterocycles. The van der Waals surface area contributed by atoms with Gasteiger partial charge in [-0.1, -0.05) is 51.1 Å². The summed E-state index contributed by atoms with van der Waals surface area (Å²) < 4.78 is 25.1. The van der Waals surface area contributed by atoms with Crippen molar-refractivity contribution in [1.29, 1.82) is 0 Å². The van der Waals surface area contributed by atoms with Crippen molar-refractivity contribution < 1.29 is 28.6 Å². The minimum absolute atomic E-state index is 0.0994. The number of pyridine rings is 1. The first-order chi connectivity index (χ1) is 19.1. The number of ether oxygens (including phenoxy) is 2. The first kappa shape index (κ1) is 29.2. The number of aliphatic hydroxyl groups is 1. The zero-order valence-electron chi connectivity index (χ0n) is 23.3. The first-order valence-corrected chi connectivity index (χ1v) is 13.3. The van der Waals surface area contributed by atoms with E-state index in [4.69, 9.17) is 9.47 Å². The molecule has 0 fully saturated rings.